The maximum absolute atomic E-state index is 9.42. The number of rotatable bonds is 7. The second-order valence-electron chi connectivity index (χ2n) is 6.46. The van der Waals surface area contributed by atoms with Crippen molar-refractivity contribution in [3.63, 3.8) is 0 Å². The van der Waals surface area contributed by atoms with Crippen molar-refractivity contribution in [1.29, 1.82) is 5.26 Å². The van der Waals surface area contributed by atoms with Gasteiger partial charge >= 0.3 is 0 Å². The summed E-state index contributed by atoms with van der Waals surface area (Å²) in [4.78, 5) is 19.2. The summed E-state index contributed by atoms with van der Waals surface area (Å²) in [6.45, 7) is 2.49. The summed E-state index contributed by atoms with van der Waals surface area (Å²) in [5.74, 6) is 0.634. The molecule has 0 fully saturated rings. The highest BCUT2D eigenvalue weighted by atomic mass is 32.1. The topological polar surface area (TPSA) is 102 Å². The lowest BCUT2D eigenvalue weighted by Gasteiger charge is -2.09. The number of ether oxygens (including phenoxy) is 1. The fourth-order valence-corrected chi connectivity index (χ4v) is 4.03. The highest BCUT2D eigenvalue weighted by Crippen LogP contribution is 2.29. The second kappa shape index (κ2) is 8.43. The van der Waals surface area contributed by atoms with Gasteiger partial charge in [0.25, 0.3) is 0 Å². The molecule has 0 aliphatic rings. The number of nitrogens with zero attached hydrogens (tertiary/aromatic N) is 7. The van der Waals surface area contributed by atoms with E-state index in [1.54, 1.807) is 53.1 Å². The quantitative estimate of drug-likeness (QED) is 0.465. The van der Waals surface area contributed by atoms with Crippen LogP contribution in [0.15, 0.2) is 30.2 Å². The van der Waals surface area contributed by atoms with Crippen molar-refractivity contribution in [1.82, 2.24) is 29.5 Å². The van der Waals surface area contributed by atoms with Gasteiger partial charge < -0.3 is 4.74 Å². The van der Waals surface area contributed by atoms with E-state index in [2.05, 4.69) is 38.0 Å². The maximum Gasteiger partial charge on any atom is 0.177 e. The molecule has 0 amide bonds. The summed E-state index contributed by atoms with van der Waals surface area (Å²) in [6, 6.07) is 5.71. The molecule has 0 unspecified atom stereocenters. The number of hydrogen-bond donors (Lipinski definition) is 0. The van der Waals surface area contributed by atoms with Gasteiger partial charge in [-0.15, -0.1) is 16.4 Å². The number of pyridine rings is 1. The van der Waals surface area contributed by atoms with Gasteiger partial charge in [-0.25, -0.2) is 19.5 Å². The van der Waals surface area contributed by atoms with Gasteiger partial charge in [-0.05, 0) is 18.6 Å². The minimum Gasteiger partial charge on any atom is -0.377 e. The van der Waals surface area contributed by atoms with Crippen molar-refractivity contribution in [2.24, 2.45) is 0 Å². The van der Waals surface area contributed by atoms with Crippen LogP contribution in [0, 0.1) is 11.3 Å². The van der Waals surface area contributed by atoms with Crippen LogP contribution >= 0.6 is 11.3 Å². The van der Waals surface area contributed by atoms with Crippen LogP contribution in [0.1, 0.15) is 40.9 Å². The van der Waals surface area contributed by atoms with E-state index < -0.39 is 0 Å². The Hall–Kier alpha value is -3.22. The summed E-state index contributed by atoms with van der Waals surface area (Å²) < 4.78 is 6.87. The first-order valence-corrected chi connectivity index (χ1v) is 10.1. The fraction of sp³-hybridized carbons (Fsp3) is 0.300. The van der Waals surface area contributed by atoms with E-state index in [4.69, 9.17) is 4.74 Å². The van der Waals surface area contributed by atoms with E-state index in [-0.39, 0.29) is 0 Å². The van der Waals surface area contributed by atoms with Crippen molar-refractivity contribution >= 4 is 17.0 Å². The molecule has 9 heteroatoms. The van der Waals surface area contributed by atoms with Crippen molar-refractivity contribution in [3.05, 3.63) is 57.7 Å². The maximum atomic E-state index is 9.42. The van der Waals surface area contributed by atoms with Crippen LogP contribution in [0.4, 0.5) is 0 Å². The highest BCUT2D eigenvalue weighted by Gasteiger charge is 2.19. The summed E-state index contributed by atoms with van der Waals surface area (Å²) in [5, 5.41) is 13.9. The van der Waals surface area contributed by atoms with Gasteiger partial charge in [-0.3, -0.25) is 4.98 Å². The van der Waals surface area contributed by atoms with E-state index in [1.807, 2.05) is 0 Å². The molecule has 4 heterocycles. The minimum absolute atomic E-state index is 0.359. The lowest BCUT2D eigenvalue weighted by molar-refractivity contribution is 0.178. The SMILES string of the molecule is CCCc1c(Cc2scnc2-c2ncccc2C#N)ncn2nc(COC)nc12. The van der Waals surface area contributed by atoms with E-state index in [0.29, 0.717) is 30.1 Å². The molecular formula is C20H19N7OS. The van der Waals surface area contributed by atoms with Crippen LogP contribution in [0.25, 0.3) is 17.0 Å². The molecule has 0 saturated heterocycles. The molecule has 8 nitrogen and oxygen atoms in total. The Labute approximate surface area is 171 Å². The van der Waals surface area contributed by atoms with E-state index in [9.17, 15) is 5.26 Å². The number of methoxy groups -OCH3 is 1. The normalized spacial score (nSPS) is 11.1. The van der Waals surface area contributed by atoms with Crippen molar-refractivity contribution in [2.75, 3.05) is 7.11 Å². The van der Waals surface area contributed by atoms with Crippen molar-refractivity contribution in [3.8, 4) is 17.5 Å². The van der Waals surface area contributed by atoms with Gasteiger partial charge in [0, 0.05) is 30.2 Å². The Balaban J connectivity index is 1.77. The van der Waals surface area contributed by atoms with E-state index in [0.717, 1.165) is 40.3 Å². The molecule has 0 aliphatic heterocycles. The monoisotopic (exact) mass is 405 g/mol. The third-order valence-corrected chi connectivity index (χ3v) is 5.34. The summed E-state index contributed by atoms with van der Waals surface area (Å²) in [6.07, 6.45) is 5.78. The van der Waals surface area contributed by atoms with Gasteiger partial charge in [0.15, 0.2) is 11.5 Å². The van der Waals surface area contributed by atoms with E-state index >= 15 is 0 Å². The second-order valence-corrected chi connectivity index (χ2v) is 7.40. The van der Waals surface area contributed by atoms with Crippen LogP contribution < -0.4 is 0 Å². The van der Waals surface area contributed by atoms with Gasteiger partial charge in [-0.2, -0.15) is 5.26 Å². The fourth-order valence-electron chi connectivity index (χ4n) is 3.26. The Kier molecular flexibility index (Phi) is 5.55. The van der Waals surface area contributed by atoms with Crippen LogP contribution in [0.5, 0.6) is 0 Å². The zero-order valence-electron chi connectivity index (χ0n) is 16.2. The number of fused-ring (bicyclic) bond motifs is 1. The van der Waals surface area contributed by atoms with Gasteiger partial charge in [-0.1, -0.05) is 13.3 Å². The molecular weight excluding hydrogens is 386 g/mol. The molecule has 0 N–H and O–H groups in total. The molecule has 4 aromatic heterocycles. The first-order chi connectivity index (χ1) is 14.2. The first-order valence-electron chi connectivity index (χ1n) is 9.24. The summed E-state index contributed by atoms with van der Waals surface area (Å²) in [5.41, 5.74) is 6.46. The minimum atomic E-state index is 0.359. The van der Waals surface area contributed by atoms with Crippen LogP contribution in [0.3, 0.4) is 0 Å². The number of thiazole rings is 1. The van der Waals surface area contributed by atoms with E-state index in [1.165, 1.54) is 0 Å². The average Bonchev–Trinajstić information content (AvgIpc) is 3.36. The Morgan fingerprint density at radius 1 is 1.24 bits per heavy atom. The predicted molar refractivity (Wildman–Crippen MR) is 108 cm³/mol. The molecule has 4 rings (SSSR count). The number of aromatic nitrogens is 6. The molecule has 0 atom stereocenters. The van der Waals surface area contributed by atoms with Crippen LogP contribution in [-0.2, 0) is 24.2 Å². The highest BCUT2D eigenvalue weighted by molar-refractivity contribution is 7.10. The Morgan fingerprint density at radius 2 is 2.14 bits per heavy atom. The zero-order valence-corrected chi connectivity index (χ0v) is 17.0. The van der Waals surface area contributed by atoms with Gasteiger partial charge in [0.1, 0.15) is 30.4 Å². The standard InChI is InChI=1S/C20H19N7OS/c1-3-5-14-15(23-11-27-20(14)25-17(26-27)10-28-2)8-16-19(24-12-29-16)18-13(9-21)6-4-7-22-18/h4,6-7,11-12H,3,5,8,10H2,1-2H3. The molecule has 0 aromatic carbocycles. The first kappa shape index (κ1) is 19.1. The average molecular weight is 405 g/mol. The van der Waals surface area contributed by atoms with Crippen LogP contribution in [0.2, 0.25) is 0 Å². The third kappa shape index (κ3) is 3.72. The van der Waals surface area contributed by atoms with Crippen molar-refractivity contribution < 1.29 is 4.74 Å². The molecule has 0 radical (unpaired) electrons. The molecule has 29 heavy (non-hydrogen) atoms. The van der Waals surface area contributed by atoms with Crippen molar-refractivity contribution in [2.45, 2.75) is 32.8 Å². The number of nitriles is 1. The predicted octanol–water partition coefficient (Wildman–Crippen LogP) is 3.20. The zero-order chi connectivity index (χ0) is 20.2. The molecule has 0 aliphatic carbocycles. The summed E-state index contributed by atoms with van der Waals surface area (Å²) >= 11 is 1.54. The largest absolute Gasteiger partial charge is 0.377 e. The smallest absolute Gasteiger partial charge is 0.177 e. The van der Waals surface area contributed by atoms with Gasteiger partial charge in [0.05, 0.1) is 16.8 Å². The molecule has 0 spiro atoms. The Morgan fingerprint density at radius 3 is 2.93 bits per heavy atom. The third-order valence-electron chi connectivity index (χ3n) is 4.51. The molecule has 0 saturated carbocycles. The Bertz CT molecular complexity index is 1190. The number of aryl methyl sites for hydroxylation is 1. The summed E-state index contributed by atoms with van der Waals surface area (Å²) in [7, 11) is 1.63. The molecule has 146 valence electrons. The molecule has 0 bridgehead atoms. The number of hydrogen-bond acceptors (Lipinski definition) is 8. The van der Waals surface area contributed by atoms with Crippen LogP contribution in [-0.4, -0.2) is 36.7 Å². The lowest BCUT2D eigenvalue weighted by atomic mass is 10.0. The molecule has 4 aromatic rings. The lowest BCUT2D eigenvalue weighted by Crippen LogP contribution is -2.05. The van der Waals surface area contributed by atoms with Gasteiger partial charge in [0.2, 0.25) is 0 Å².